The summed E-state index contributed by atoms with van der Waals surface area (Å²) in [6, 6.07) is 23.7. The number of aromatic hydroxyl groups is 1. The van der Waals surface area contributed by atoms with Crippen LogP contribution in [0.4, 0.5) is 0 Å². The number of fused-ring (bicyclic) bond motifs is 3. The molecule has 0 radical (unpaired) electrons. The monoisotopic (exact) mass is 382 g/mol. The van der Waals surface area contributed by atoms with E-state index in [4.69, 9.17) is 4.74 Å². The van der Waals surface area contributed by atoms with Crippen LogP contribution in [0.3, 0.4) is 0 Å². The first kappa shape index (κ1) is 17.9. The van der Waals surface area contributed by atoms with E-state index >= 15 is 0 Å². The van der Waals surface area contributed by atoms with Gasteiger partial charge in [0.1, 0.15) is 17.5 Å². The molecule has 3 heteroatoms. The molecule has 2 N–H and O–H groups in total. The van der Waals surface area contributed by atoms with Crippen molar-refractivity contribution in [2.24, 2.45) is 0 Å². The quantitative estimate of drug-likeness (QED) is 0.697. The number of phenolic OH excluding ortho intramolecular Hbond substituents is 1. The number of para-hydroxylation sites is 1. The Hall–Kier alpha value is -3.14. The van der Waals surface area contributed by atoms with Crippen LogP contribution in [0.1, 0.15) is 16.7 Å². The van der Waals surface area contributed by atoms with Crippen LogP contribution in [0.5, 0.6) is 5.75 Å². The Kier molecular flexibility index (Phi) is 3.98. The fourth-order valence-electron chi connectivity index (χ4n) is 5.25. The van der Waals surface area contributed by atoms with E-state index in [2.05, 4.69) is 24.3 Å². The summed E-state index contributed by atoms with van der Waals surface area (Å²) >= 11 is 0. The maximum Gasteiger partial charge on any atom is 0.133 e. The van der Waals surface area contributed by atoms with Crippen LogP contribution in [0.15, 0.2) is 97.1 Å². The summed E-state index contributed by atoms with van der Waals surface area (Å²) in [6.07, 6.45) is 6.49. The van der Waals surface area contributed by atoms with Crippen LogP contribution >= 0.6 is 0 Å². The van der Waals surface area contributed by atoms with Crippen molar-refractivity contribution in [3.8, 4) is 16.9 Å². The van der Waals surface area contributed by atoms with Crippen molar-refractivity contribution in [3.05, 3.63) is 114 Å². The number of benzene rings is 3. The van der Waals surface area contributed by atoms with Crippen molar-refractivity contribution in [3.63, 3.8) is 0 Å². The molecule has 0 fully saturated rings. The predicted molar refractivity (Wildman–Crippen MR) is 114 cm³/mol. The molecule has 0 saturated carbocycles. The molecule has 0 aromatic heterocycles. The number of methoxy groups -OCH3 is 1. The third kappa shape index (κ3) is 2.14. The number of rotatable bonds is 3. The van der Waals surface area contributed by atoms with Gasteiger partial charge in [0.25, 0.3) is 0 Å². The molecular formula is C26H22O3. The summed E-state index contributed by atoms with van der Waals surface area (Å²) in [4.78, 5) is 0. The van der Waals surface area contributed by atoms with Gasteiger partial charge in [-0.2, -0.15) is 0 Å². The lowest BCUT2D eigenvalue weighted by Gasteiger charge is -2.50. The smallest absolute Gasteiger partial charge is 0.133 e. The minimum Gasteiger partial charge on any atom is -0.508 e. The Bertz CT molecular complexity index is 1100. The molecular weight excluding hydrogens is 360 g/mol. The van der Waals surface area contributed by atoms with Crippen LogP contribution in [0.2, 0.25) is 0 Å². The van der Waals surface area contributed by atoms with Gasteiger partial charge in [-0.15, -0.1) is 0 Å². The average Bonchev–Trinajstić information content (AvgIpc) is 3.06. The highest BCUT2D eigenvalue weighted by Gasteiger charge is 2.62. The van der Waals surface area contributed by atoms with Gasteiger partial charge in [-0.25, -0.2) is 0 Å². The zero-order valence-electron chi connectivity index (χ0n) is 16.1. The highest BCUT2D eigenvalue weighted by atomic mass is 16.5. The molecule has 0 heterocycles. The number of ether oxygens (including phenoxy) is 1. The number of allylic oxidation sites excluding steroid dienone is 2. The van der Waals surface area contributed by atoms with E-state index in [9.17, 15) is 10.2 Å². The van der Waals surface area contributed by atoms with E-state index < -0.39 is 17.1 Å². The van der Waals surface area contributed by atoms with E-state index in [1.165, 1.54) is 0 Å². The lowest BCUT2D eigenvalue weighted by molar-refractivity contribution is -0.0801. The summed E-state index contributed by atoms with van der Waals surface area (Å²) in [6.45, 7) is 0. The summed E-state index contributed by atoms with van der Waals surface area (Å²) in [5.74, 6) is 0.172. The highest BCUT2D eigenvalue weighted by molar-refractivity contribution is 5.85. The molecule has 29 heavy (non-hydrogen) atoms. The standard InChI is InChI=1S/C26H22O3/c1-29-25(17-9-8-16-24(25)28)26(22-14-6-7-15-23(22)27)20-12-4-2-10-18(20)19-11-3-5-13-21(19)26/h2-17,24,27-28H,1H3. The van der Waals surface area contributed by atoms with E-state index in [1.807, 2.05) is 60.7 Å². The topological polar surface area (TPSA) is 49.7 Å². The summed E-state index contributed by atoms with van der Waals surface area (Å²) in [7, 11) is 1.62. The Balaban J connectivity index is 2.01. The number of hydrogen-bond donors (Lipinski definition) is 2. The molecule has 0 saturated heterocycles. The normalized spacial score (nSPS) is 23.6. The fourth-order valence-corrected chi connectivity index (χ4v) is 5.25. The lowest BCUT2D eigenvalue weighted by atomic mass is 9.58. The van der Waals surface area contributed by atoms with Crippen molar-refractivity contribution < 1.29 is 14.9 Å². The Morgan fingerprint density at radius 1 is 0.759 bits per heavy atom. The largest absolute Gasteiger partial charge is 0.508 e. The highest BCUT2D eigenvalue weighted by Crippen LogP contribution is 2.61. The fraction of sp³-hybridized carbons (Fsp3) is 0.154. The Morgan fingerprint density at radius 2 is 1.31 bits per heavy atom. The van der Waals surface area contributed by atoms with Gasteiger partial charge in [0.15, 0.2) is 0 Å². The van der Waals surface area contributed by atoms with Gasteiger partial charge in [-0.1, -0.05) is 85.0 Å². The second-order valence-corrected chi connectivity index (χ2v) is 7.54. The van der Waals surface area contributed by atoms with Gasteiger partial charge in [-0.3, -0.25) is 0 Å². The first-order valence-corrected chi connectivity index (χ1v) is 9.74. The Labute approximate surface area is 170 Å². The molecule has 0 amide bonds. The molecule has 144 valence electrons. The summed E-state index contributed by atoms with van der Waals surface area (Å²) in [5.41, 5.74) is 2.81. The van der Waals surface area contributed by atoms with Crippen LogP contribution in [0, 0.1) is 0 Å². The maximum absolute atomic E-state index is 11.3. The molecule has 2 aliphatic carbocycles. The van der Waals surface area contributed by atoms with E-state index in [1.54, 1.807) is 19.3 Å². The SMILES string of the molecule is COC1(C2(c3ccccc3O)c3ccccc3-c3ccccc32)C=CC=CC1O. The molecule has 0 aliphatic heterocycles. The average molecular weight is 382 g/mol. The second-order valence-electron chi connectivity index (χ2n) is 7.54. The molecule has 0 bridgehead atoms. The van der Waals surface area contributed by atoms with Crippen molar-refractivity contribution >= 4 is 0 Å². The number of aliphatic hydroxyl groups excluding tert-OH is 1. The first-order chi connectivity index (χ1) is 14.2. The minimum atomic E-state index is -1.14. The third-order valence-electron chi connectivity index (χ3n) is 6.37. The van der Waals surface area contributed by atoms with Crippen molar-refractivity contribution in [1.29, 1.82) is 0 Å². The lowest BCUT2D eigenvalue weighted by Crippen LogP contribution is -2.59. The van der Waals surface area contributed by atoms with Crippen LogP contribution in [0.25, 0.3) is 11.1 Å². The molecule has 2 unspecified atom stereocenters. The summed E-state index contributed by atoms with van der Waals surface area (Å²) < 4.78 is 6.20. The molecule has 3 aromatic carbocycles. The molecule has 0 spiro atoms. The van der Waals surface area contributed by atoms with E-state index in [0.29, 0.717) is 5.56 Å². The maximum atomic E-state index is 11.3. The van der Waals surface area contributed by atoms with Crippen molar-refractivity contribution in [2.45, 2.75) is 17.1 Å². The molecule has 2 atom stereocenters. The number of hydrogen-bond acceptors (Lipinski definition) is 3. The number of aliphatic hydroxyl groups is 1. The second kappa shape index (κ2) is 6.45. The van der Waals surface area contributed by atoms with Crippen molar-refractivity contribution in [2.75, 3.05) is 7.11 Å². The Morgan fingerprint density at radius 3 is 1.86 bits per heavy atom. The third-order valence-corrected chi connectivity index (χ3v) is 6.37. The van der Waals surface area contributed by atoms with Crippen LogP contribution < -0.4 is 0 Å². The first-order valence-electron chi connectivity index (χ1n) is 9.74. The minimum absolute atomic E-state index is 0.172. The van der Waals surface area contributed by atoms with Gasteiger partial charge in [0.2, 0.25) is 0 Å². The van der Waals surface area contributed by atoms with Crippen LogP contribution in [-0.2, 0) is 10.2 Å². The summed E-state index contributed by atoms with van der Waals surface area (Å²) in [5, 5.41) is 22.3. The molecule has 2 aliphatic rings. The van der Waals surface area contributed by atoms with Gasteiger partial charge in [-0.05, 0) is 34.4 Å². The van der Waals surface area contributed by atoms with Gasteiger partial charge in [0, 0.05) is 12.7 Å². The molecule has 3 nitrogen and oxygen atoms in total. The van der Waals surface area contributed by atoms with E-state index in [0.717, 1.165) is 22.3 Å². The van der Waals surface area contributed by atoms with Crippen molar-refractivity contribution in [1.82, 2.24) is 0 Å². The van der Waals surface area contributed by atoms with Gasteiger partial charge >= 0.3 is 0 Å². The molecule has 3 aromatic rings. The van der Waals surface area contributed by atoms with Crippen LogP contribution in [-0.4, -0.2) is 29.0 Å². The van der Waals surface area contributed by atoms with E-state index in [-0.39, 0.29) is 5.75 Å². The zero-order chi connectivity index (χ0) is 20.1. The predicted octanol–water partition coefficient (Wildman–Crippen LogP) is 4.58. The number of phenols is 1. The van der Waals surface area contributed by atoms with Gasteiger partial charge in [0.05, 0.1) is 5.41 Å². The van der Waals surface area contributed by atoms with Gasteiger partial charge < -0.3 is 14.9 Å². The molecule has 5 rings (SSSR count). The zero-order valence-corrected chi connectivity index (χ0v) is 16.1.